The lowest BCUT2D eigenvalue weighted by Gasteiger charge is -2.19. The number of nitrogens with one attached hydrogen (secondary N) is 2. The van der Waals surface area contributed by atoms with E-state index in [4.69, 9.17) is 87.0 Å². The molecule has 2 heterocycles. The Bertz CT molecular complexity index is 1730. The van der Waals surface area contributed by atoms with Crippen LogP contribution in [-0.4, -0.2) is 168 Å². The number of aromatic amines is 1. The molecule has 416 valence electrons. The van der Waals surface area contributed by atoms with E-state index >= 15 is 0 Å². The molecule has 0 saturated carbocycles. The third-order valence-electron chi connectivity index (χ3n) is 9.25. The molecule has 9 atom stereocenters. The molecule has 72 heavy (non-hydrogen) atoms. The first-order valence-electron chi connectivity index (χ1n) is 22.5. The van der Waals surface area contributed by atoms with E-state index in [1.54, 1.807) is 20.0 Å². The summed E-state index contributed by atoms with van der Waals surface area (Å²) in [7, 11) is 0. The fourth-order valence-corrected chi connectivity index (χ4v) is 4.72. The third kappa shape index (κ3) is 40.5. The second-order valence-corrected chi connectivity index (χ2v) is 16.7. The van der Waals surface area contributed by atoms with Gasteiger partial charge in [-0.1, -0.05) is 34.1 Å². The number of aromatic nitrogens is 2. The Kier molecular flexibility index (Phi) is 41.5. The van der Waals surface area contributed by atoms with Gasteiger partial charge in [0.25, 0.3) is 0 Å². The summed E-state index contributed by atoms with van der Waals surface area (Å²) >= 11 is 0. The number of esters is 3. The average Bonchev–Trinajstić information content (AvgIpc) is 4.03. The van der Waals surface area contributed by atoms with Gasteiger partial charge in [-0.15, -0.1) is 0 Å². The van der Waals surface area contributed by atoms with Gasteiger partial charge in [0.2, 0.25) is 5.91 Å². The highest BCUT2D eigenvalue weighted by molar-refractivity contribution is 5.90. The van der Waals surface area contributed by atoms with Crippen LogP contribution < -0.4 is 56.9 Å². The van der Waals surface area contributed by atoms with Crippen LogP contribution in [-0.2, 0) is 63.8 Å². The summed E-state index contributed by atoms with van der Waals surface area (Å²) in [6.07, 6.45) is 6.78. The first kappa shape index (κ1) is 72.3. The van der Waals surface area contributed by atoms with Crippen LogP contribution in [0.1, 0.15) is 105 Å². The van der Waals surface area contributed by atoms with Gasteiger partial charge >= 0.3 is 53.7 Å². The van der Waals surface area contributed by atoms with Gasteiger partial charge in [-0.3, -0.25) is 38.4 Å². The summed E-state index contributed by atoms with van der Waals surface area (Å²) in [5.74, 6) is -8.57. The molecule has 0 aliphatic carbocycles. The van der Waals surface area contributed by atoms with Crippen molar-refractivity contribution in [3.05, 3.63) is 18.2 Å². The number of hydrogen-bond acceptors (Lipinski definition) is 22. The van der Waals surface area contributed by atoms with Gasteiger partial charge < -0.3 is 102 Å². The number of nitrogens with two attached hydrogens (primary N) is 9. The van der Waals surface area contributed by atoms with Crippen molar-refractivity contribution < 1.29 is 88.1 Å². The van der Waals surface area contributed by atoms with E-state index in [9.17, 15) is 47.9 Å². The second-order valence-electron chi connectivity index (χ2n) is 16.7. The van der Waals surface area contributed by atoms with Crippen molar-refractivity contribution in [1.82, 2.24) is 15.3 Å². The fourth-order valence-electron chi connectivity index (χ4n) is 4.72. The van der Waals surface area contributed by atoms with E-state index in [1.165, 1.54) is 13.3 Å². The number of carbonyl (C=O) groups is 10. The third-order valence-corrected chi connectivity index (χ3v) is 9.25. The van der Waals surface area contributed by atoms with Crippen molar-refractivity contribution in [2.24, 2.45) is 63.4 Å². The van der Waals surface area contributed by atoms with Crippen molar-refractivity contribution in [2.75, 3.05) is 13.1 Å². The quantitative estimate of drug-likeness (QED) is 0.0255. The van der Waals surface area contributed by atoms with E-state index < -0.39 is 108 Å². The maximum Gasteiger partial charge on any atom is 0.330 e. The second kappa shape index (κ2) is 41.4. The number of primary amides is 1. The number of nitrogens with zero attached hydrogens (tertiary/aromatic N) is 1. The summed E-state index contributed by atoms with van der Waals surface area (Å²) in [6, 6.07) is -6.64. The Morgan fingerprint density at radius 2 is 1.17 bits per heavy atom. The number of hydrogen-bond donors (Lipinski definition) is 17. The van der Waals surface area contributed by atoms with Crippen LogP contribution in [0.3, 0.4) is 0 Å². The number of ether oxygens (including phenoxy) is 2. The van der Waals surface area contributed by atoms with E-state index in [-0.39, 0.29) is 50.0 Å². The van der Waals surface area contributed by atoms with Crippen molar-refractivity contribution in [3.8, 4) is 0 Å². The Labute approximate surface area is 416 Å². The Hall–Kier alpha value is -6.25. The maximum absolute atomic E-state index is 11.4. The first-order chi connectivity index (χ1) is 33.2. The molecule has 1 aromatic rings. The molecule has 1 aliphatic heterocycles. The molecule has 1 amide bonds. The molecule has 0 unspecified atom stereocenters. The van der Waals surface area contributed by atoms with Crippen LogP contribution in [0.5, 0.6) is 0 Å². The largest absolute Gasteiger partial charge is 0.481 e. The molecule has 0 bridgehead atoms. The summed E-state index contributed by atoms with van der Waals surface area (Å²) < 4.78 is 9.56. The maximum atomic E-state index is 11.4. The number of rotatable bonds is 25. The highest BCUT2D eigenvalue weighted by Crippen LogP contribution is 2.09. The van der Waals surface area contributed by atoms with E-state index in [1.807, 2.05) is 13.8 Å². The molecule has 1 aromatic heterocycles. The topological polar surface area (TPSA) is 585 Å². The highest BCUT2D eigenvalue weighted by atomic mass is 16.6. The molecule has 1 fully saturated rings. The molecule has 1 aliphatic rings. The number of carbonyl (C=O) groups excluding carboxylic acids is 4. The van der Waals surface area contributed by atoms with Crippen LogP contribution >= 0.6 is 0 Å². The van der Waals surface area contributed by atoms with E-state index in [2.05, 4.69) is 20.0 Å². The monoisotopic (exact) mass is 1040 g/mol. The van der Waals surface area contributed by atoms with Crippen LogP contribution in [0.25, 0.3) is 0 Å². The Morgan fingerprint density at radius 3 is 1.54 bits per heavy atom. The Morgan fingerprint density at radius 1 is 0.667 bits per heavy atom. The number of aliphatic carboxylic acids is 6. The van der Waals surface area contributed by atoms with Crippen molar-refractivity contribution >= 4 is 59.6 Å². The summed E-state index contributed by atoms with van der Waals surface area (Å²) in [5, 5.41) is 52.8. The highest BCUT2D eigenvalue weighted by Gasteiger charge is 2.29. The smallest absolute Gasteiger partial charge is 0.330 e. The lowest BCUT2D eigenvalue weighted by atomic mass is 10.0. The molecule has 1 saturated heterocycles. The number of unbranched alkanes of at least 4 members (excludes halogenated alkanes) is 1. The number of carboxylic acid groups (broad SMARTS) is 6. The zero-order valence-electron chi connectivity index (χ0n) is 41.4. The molecule has 30 heteroatoms. The van der Waals surface area contributed by atoms with Gasteiger partial charge in [-0.2, -0.15) is 0 Å². The molecule has 0 spiro atoms. The van der Waals surface area contributed by atoms with Crippen molar-refractivity contribution in [3.63, 3.8) is 0 Å². The zero-order valence-corrected chi connectivity index (χ0v) is 41.4. The predicted octanol–water partition coefficient (Wildman–Crippen LogP) is -3.69. The molecule has 0 radical (unpaired) electrons. The van der Waals surface area contributed by atoms with E-state index in [0.29, 0.717) is 25.1 Å². The van der Waals surface area contributed by atoms with Gasteiger partial charge in [0.05, 0.1) is 12.0 Å². The van der Waals surface area contributed by atoms with Gasteiger partial charge in [-0.05, 0) is 76.8 Å². The molecular formula is C42H80N12O18. The minimum atomic E-state index is -1.17. The van der Waals surface area contributed by atoms with Gasteiger partial charge in [0.15, 0.2) is 0 Å². The molecule has 2 rings (SSSR count). The number of amides is 1. The average molecular weight is 1040 g/mol. The molecule has 0 aromatic carbocycles. The van der Waals surface area contributed by atoms with Crippen LogP contribution in [0.15, 0.2) is 12.5 Å². The molecule has 30 nitrogen and oxygen atoms in total. The standard InChI is InChI=1S/C11H22N2O3.C9H16N2O4.C6H9N3O2.C6H14N2O2.C5H10N2O3.C5H9NO4/c1-6(2)5-8(12)10(14)16-11(15)9(13)7(3)4;1-5(7(10)8(12)13)15-9(14)6-3-2-4-11-6;7-5(6(10)11)1-4-2-8-3-9-4;7-4-2-1-3-5(8)6(9)10;2*6-3(5(9)10)1-2-4(7)8/h6-9H,5,12-13H2,1-4H3;5-7,11H,2-4,10H2,1H3,(H,12,13);2-3,5H,1,7H2,(H,8,9)(H,10,11);5H,1-4,7-8H2,(H,9,10);3H,1-2,6H2,(H2,7,8)(H,9,10);3H,1-2,6H2,(H,7,8)(H,9,10)/t8-,9-;5-,6+,7+;2*5-;2*3-/m010000/s1. The zero-order chi connectivity index (χ0) is 56.8. The van der Waals surface area contributed by atoms with Crippen molar-refractivity contribution in [1.29, 1.82) is 0 Å². The van der Waals surface area contributed by atoms with Crippen LogP contribution in [0, 0.1) is 11.8 Å². The lowest BCUT2D eigenvalue weighted by Crippen LogP contribution is -2.45. The van der Waals surface area contributed by atoms with Gasteiger partial charge in [0.1, 0.15) is 54.4 Å². The summed E-state index contributed by atoms with van der Waals surface area (Å²) in [6.45, 7) is 10.3. The lowest BCUT2D eigenvalue weighted by molar-refractivity contribution is -0.163. The minimum absolute atomic E-state index is 0.0213. The normalized spacial score (nSPS) is 15.7. The minimum Gasteiger partial charge on any atom is -0.481 e. The van der Waals surface area contributed by atoms with E-state index in [0.717, 1.165) is 32.2 Å². The predicted molar refractivity (Wildman–Crippen MR) is 256 cm³/mol. The molecular weight excluding hydrogens is 961 g/mol. The number of carboxylic acids is 6. The number of imidazole rings is 1. The summed E-state index contributed by atoms with van der Waals surface area (Å²) in [4.78, 5) is 112. The van der Waals surface area contributed by atoms with Crippen LogP contribution in [0.2, 0.25) is 0 Å². The van der Waals surface area contributed by atoms with Gasteiger partial charge in [0, 0.05) is 25.5 Å². The Balaban J connectivity index is -0.000000390. The molecule has 26 N–H and O–H groups in total. The summed E-state index contributed by atoms with van der Waals surface area (Å²) in [5.41, 5.74) is 47.6. The van der Waals surface area contributed by atoms with Gasteiger partial charge in [-0.25, -0.2) is 14.6 Å². The van der Waals surface area contributed by atoms with Crippen LogP contribution in [0.4, 0.5) is 0 Å². The number of H-pyrrole nitrogens is 1. The van der Waals surface area contributed by atoms with Crippen molar-refractivity contribution in [2.45, 2.75) is 160 Å². The fraction of sp³-hybridized carbons (Fsp3) is 0.690. The SMILES string of the molecule is CC(C)C[C@H](N)C(=O)OC(=O)[C@@H](N)C(C)C.C[C@@H](OC(=O)[C@@H]1CCCN1)[C@H](N)C(=O)O.NC(=O)CC[C@H](N)C(=O)O.NCCCC[C@H](N)C(=O)O.N[C@@H](CCC(=O)O)C(=O)O.N[C@@H](Cc1c[nH]cn1)C(=O)O. The first-order valence-corrected chi connectivity index (χ1v) is 22.5.